The van der Waals surface area contributed by atoms with Crippen LogP contribution >= 0.6 is 23.4 Å². The molecule has 0 aliphatic heterocycles. The maximum absolute atomic E-state index is 10.8. The van der Waals surface area contributed by atoms with E-state index in [0.717, 1.165) is 10.5 Å². The average molecular weight is 310 g/mol. The third-order valence-electron chi connectivity index (χ3n) is 2.77. The molecule has 0 radical (unpaired) electrons. The SMILES string of the molecule is O=[N+]([O-])c1ccc(SCc2ccccc2Cl)cc1CO. The molecule has 0 aliphatic rings. The molecule has 4 nitrogen and oxygen atoms in total. The largest absolute Gasteiger partial charge is 0.391 e. The summed E-state index contributed by atoms with van der Waals surface area (Å²) in [4.78, 5) is 11.2. The molecule has 0 aliphatic carbocycles. The fourth-order valence-electron chi connectivity index (χ4n) is 1.73. The second-order valence-electron chi connectivity index (χ2n) is 4.09. The number of nitro benzene ring substituents is 1. The van der Waals surface area contributed by atoms with Crippen LogP contribution in [-0.4, -0.2) is 10.0 Å². The average Bonchev–Trinajstić information content (AvgIpc) is 2.46. The fraction of sp³-hybridized carbons (Fsp3) is 0.143. The Balaban J connectivity index is 2.15. The maximum Gasteiger partial charge on any atom is 0.274 e. The molecule has 0 heterocycles. The molecule has 0 aromatic heterocycles. The van der Waals surface area contributed by atoms with Gasteiger partial charge in [0, 0.05) is 21.7 Å². The van der Waals surface area contributed by atoms with Gasteiger partial charge in [-0.15, -0.1) is 11.8 Å². The van der Waals surface area contributed by atoms with Gasteiger partial charge in [0.2, 0.25) is 0 Å². The van der Waals surface area contributed by atoms with Crippen molar-refractivity contribution in [2.75, 3.05) is 0 Å². The lowest BCUT2D eigenvalue weighted by molar-refractivity contribution is -0.385. The zero-order chi connectivity index (χ0) is 14.5. The summed E-state index contributed by atoms with van der Waals surface area (Å²) in [6.07, 6.45) is 0. The summed E-state index contributed by atoms with van der Waals surface area (Å²) < 4.78 is 0. The summed E-state index contributed by atoms with van der Waals surface area (Å²) in [5, 5.41) is 20.7. The number of thioether (sulfide) groups is 1. The molecule has 0 amide bonds. The van der Waals surface area contributed by atoms with E-state index >= 15 is 0 Å². The molecule has 0 atom stereocenters. The Hall–Kier alpha value is -1.56. The molecule has 0 bridgehead atoms. The Morgan fingerprint density at radius 3 is 2.60 bits per heavy atom. The second-order valence-corrected chi connectivity index (χ2v) is 5.54. The van der Waals surface area contributed by atoms with E-state index in [1.165, 1.54) is 17.8 Å². The number of halogens is 1. The molecule has 0 saturated heterocycles. The van der Waals surface area contributed by atoms with Crippen LogP contribution in [0.2, 0.25) is 5.02 Å². The van der Waals surface area contributed by atoms with Crippen molar-refractivity contribution < 1.29 is 10.0 Å². The van der Waals surface area contributed by atoms with Crippen LogP contribution in [0.4, 0.5) is 5.69 Å². The summed E-state index contributed by atoms with van der Waals surface area (Å²) in [5.74, 6) is 0.669. The smallest absolute Gasteiger partial charge is 0.274 e. The van der Waals surface area contributed by atoms with Gasteiger partial charge in [0.15, 0.2) is 0 Å². The Kier molecular flexibility index (Phi) is 5.00. The Bertz CT molecular complexity index is 634. The quantitative estimate of drug-likeness (QED) is 0.514. The lowest BCUT2D eigenvalue weighted by atomic mass is 10.2. The number of hydrogen-bond acceptors (Lipinski definition) is 4. The summed E-state index contributed by atoms with van der Waals surface area (Å²) in [7, 11) is 0. The molecule has 2 aromatic carbocycles. The summed E-state index contributed by atoms with van der Waals surface area (Å²) >= 11 is 7.59. The van der Waals surface area contributed by atoms with Gasteiger partial charge in [-0.25, -0.2) is 0 Å². The van der Waals surface area contributed by atoms with E-state index in [0.29, 0.717) is 16.3 Å². The van der Waals surface area contributed by atoms with Crippen LogP contribution in [0.5, 0.6) is 0 Å². The number of benzene rings is 2. The zero-order valence-electron chi connectivity index (χ0n) is 10.5. The van der Waals surface area contributed by atoms with Gasteiger partial charge in [-0.1, -0.05) is 29.8 Å². The lowest BCUT2D eigenvalue weighted by Crippen LogP contribution is -1.95. The molecule has 20 heavy (non-hydrogen) atoms. The van der Waals surface area contributed by atoms with Crippen molar-refractivity contribution in [3.8, 4) is 0 Å². The minimum Gasteiger partial charge on any atom is -0.391 e. The summed E-state index contributed by atoms with van der Waals surface area (Å²) in [6, 6.07) is 12.3. The van der Waals surface area contributed by atoms with Crippen molar-refractivity contribution in [3.63, 3.8) is 0 Å². The number of nitrogens with zero attached hydrogens (tertiary/aromatic N) is 1. The molecule has 0 spiro atoms. The highest BCUT2D eigenvalue weighted by Crippen LogP contribution is 2.30. The molecule has 2 aromatic rings. The zero-order valence-corrected chi connectivity index (χ0v) is 12.0. The van der Waals surface area contributed by atoms with E-state index in [4.69, 9.17) is 11.6 Å². The molecular formula is C14H12ClNO3S. The Morgan fingerprint density at radius 2 is 1.95 bits per heavy atom. The van der Waals surface area contributed by atoms with E-state index in [1.54, 1.807) is 12.1 Å². The van der Waals surface area contributed by atoms with Crippen LogP contribution in [0.1, 0.15) is 11.1 Å². The standard InChI is InChI=1S/C14H12ClNO3S/c15-13-4-2-1-3-10(13)9-20-12-5-6-14(16(18)19)11(7-12)8-17/h1-7,17H,8-9H2. The van der Waals surface area contributed by atoms with E-state index in [2.05, 4.69) is 0 Å². The van der Waals surface area contributed by atoms with Gasteiger partial charge in [-0.3, -0.25) is 10.1 Å². The van der Waals surface area contributed by atoms with Gasteiger partial charge in [0.05, 0.1) is 17.1 Å². The first kappa shape index (κ1) is 14.8. The molecule has 1 N–H and O–H groups in total. The van der Waals surface area contributed by atoms with Crippen LogP contribution in [0.25, 0.3) is 0 Å². The van der Waals surface area contributed by atoms with Crippen LogP contribution in [0, 0.1) is 10.1 Å². The van der Waals surface area contributed by atoms with Crippen LogP contribution in [0.3, 0.4) is 0 Å². The Morgan fingerprint density at radius 1 is 1.20 bits per heavy atom. The lowest BCUT2D eigenvalue weighted by Gasteiger charge is -2.06. The van der Waals surface area contributed by atoms with Crippen molar-refractivity contribution in [2.45, 2.75) is 17.3 Å². The van der Waals surface area contributed by atoms with Crippen LogP contribution in [-0.2, 0) is 12.4 Å². The number of rotatable bonds is 5. The van der Waals surface area contributed by atoms with Crippen molar-refractivity contribution in [3.05, 3.63) is 68.7 Å². The van der Waals surface area contributed by atoms with Crippen molar-refractivity contribution in [2.24, 2.45) is 0 Å². The van der Waals surface area contributed by atoms with Crippen LogP contribution in [0.15, 0.2) is 47.4 Å². The van der Waals surface area contributed by atoms with Crippen molar-refractivity contribution in [1.29, 1.82) is 0 Å². The molecule has 0 fully saturated rings. The summed E-state index contributed by atoms with van der Waals surface area (Å²) in [5.41, 5.74) is 1.26. The predicted octanol–water partition coefficient (Wildman–Crippen LogP) is 4.03. The van der Waals surface area contributed by atoms with Gasteiger partial charge >= 0.3 is 0 Å². The predicted molar refractivity (Wildman–Crippen MR) is 80.0 cm³/mol. The highest BCUT2D eigenvalue weighted by molar-refractivity contribution is 7.98. The minimum absolute atomic E-state index is 0.0606. The topological polar surface area (TPSA) is 63.4 Å². The Labute approximate surface area is 125 Å². The van der Waals surface area contributed by atoms with Crippen LogP contribution < -0.4 is 0 Å². The first-order valence-corrected chi connectivity index (χ1v) is 7.22. The van der Waals surface area contributed by atoms with Crippen molar-refractivity contribution in [1.82, 2.24) is 0 Å². The van der Waals surface area contributed by atoms with Gasteiger partial charge in [0.25, 0.3) is 5.69 Å². The highest BCUT2D eigenvalue weighted by Gasteiger charge is 2.13. The van der Waals surface area contributed by atoms with Gasteiger partial charge in [0.1, 0.15) is 0 Å². The van der Waals surface area contributed by atoms with E-state index in [9.17, 15) is 15.2 Å². The summed E-state index contributed by atoms with van der Waals surface area (Å²) in [6.45, 7) is -0.350. The molecule has 0 saturated carbocycles. The second kappa shape index (κ2) is 6.74. The third-order valence-corrected chi connectivity index (χ3v) is 4.18. The number of aliphatic hydroxyl groups excluding tert-OH is 1. The highest BCUT2D eigenvalue weighted by atomic mass is 35.5. The normalized spacial score (nSPS) is 10.5. The molecular weight excluding hydrogens is 298 g/mol. The number of hydrogen-bond donors (Lipinski definition) is 1. The van der Waals surface area contributed by atoms with E-state index in [-0.39, 0.29) is 12.3 Å². The number of aliphatic hydroxyl groups is 1. The number of nitro groups is 1. The molecule has 2 rings (SSSR count). The third kappa shape index (κ3) is 3.50. The van der Waals surface area contributed by atoms with Gasteiger partial charge < -0.3 is 5.11 Å². The molecule has 104 valence electrons. The van der Waals surface area contributed by atoms with E-state index < -0.39 is 4.92 Å². The fourth-order valence-corrected chi connectivity index (χ4v) is 2.98. The van der Waals surface area contributed by atoms with Gasteiger partial charge in [-0.05, 0) is 23.8 Å². The maximum atomic E-state index is 10.8. The monoisotopic (exact) mass is 309 g/mol. The first-order valence-electron chi connectivity index (χ1n) is 5.86. The van der Waals surface area contributed by atoms with Crippen molar-refractivity contribution >= 4 is 29.1 Å². The minimum atomic E-state index is -0.492. The van der Waals surface area contributed by atoms with Gasteiger partial charge in [-0.2, -0.15) is 0 Å². The molecule has 0 unspecified atom stereocenters. The van der Waals surface area contributed by atoms with E-state index in [1.807, 2.05) is 24.3 Å². The first-order chi connectivity index (χ1) is 9.61. The molecule has 6 heteroatoms.